The van der Waals surface area contributed by atoms with Crippen LogP contribution < -0.4 is 10.2 Å². The van der Waals surface area contributed by atoms with Gasteiger partial charge in [0.15, 0.2) is 5.96 Å². The molecule has 0 radical (unpaired) electrons. The number of aromatic nitrogens is 2. The fourth-order valence-electron chi connectivity index (χ4n) is 2.51. The molecule has 2 rings (SSSR count). The molecule has 0 atom stereocenters. The molecule has 1 N–H and O–H groups in total. The molecule has 0 saturated carbocycles. The molecule has 24 heavy (non-hydrogen) atoms. The number of nitrogens with zero attached hydrogens (tertiary/aromatic N) is 5. The second-order valence-corrected chi connectivity index (χ2v) is 5.75. The summed E-state index contributed by atoms with van der Waals surface area (Å²) in [5.41, 5.74) is 2.39. The van der Waals surface area contributed by atoms with E-state index in [4.69, 9.17) is 0 Å². The first-order valence-corrected chi connectivity index (χ1v) is 7.66. The van der Waals surface area contributed by atoms with Crippen LogP contribution in [0.1, 0.15) is 11.3 Å². The Labute approximate surface area is 161 Å². The Balaban J connectivity index is 0.00000288. The Morgan fingerprint density at radius 2 is 2.00 bits per heavy atom. The summed E-state index contributed by atoms with van der Waals surface area (Å²) in [6.45, 7) is 1.49. The van der Waals surface area contributed by atoms with E-state index >= 15 is 0 Å². The Kier molecular flexibility index (Phi) is 8.03. The van der Waals surface area contributed by atoms with Crippen LogP contribution in [0.2, 0.25) is 0 Å². The molecule has 2 aromatic rings. The van der Waals surface area contributed by atoms with E-state index in [2.05, 4.69) is 56.2 Å². The van der Waals surface area contributed by atoms with Crippen LogP contribution in [0, 0.1) is 0 Å². The number of aryl methyl sites for hydroxylation is 1. The Morgan fingerprint density at radius 1 is 1.25 bits per heavy atom. The topological polar surface area (TPSA) is 48.7 Å². The average molecular weight is 442 g/mol. The zero-order chi connectivity index (χ0) is 16.8. The second-order valence-electron chi connectivity index (χ2n) is 5.75. The van der Waals surface area contributed by atoms with Gasteiger partial charge in [-0.3, -0.25) is 4.99 Å². The lowest BCUT2D eigenvalue weighted by Crippen LogP contribution is -2.38. The van der Waals surface area contributed by atoms with Crippen LogP contribution in [0.3, 0.4) is 0 Å². The molecule has 0 fully saturated rings. The summed E-state index contributed by atoms with van der Waals surface area (Å²) in [5.74, 6) is 1.83. The highest BCUT2D eigenvalue weighted by atomic mass is 127. The van der Waals surface area contributed by atoms with E-state index in [1.807, 2.05) is 38.3 Å². The monoisotopic (exact) mass is 442 g/mol. The molecule has 0 bridgehead atoms. The molecule has 0 unspecified atom stereocenters. The standard InChI is InChI=1S/C17H26N6.HI/c1-18-17(23(5)13-15-9-7-11-22(15)4)20-12-14-8-6-10-19-16(14)21(2)3;/h6-11H,12-13H2,1-5H3,(H,18,20);1H. The zero-order valence-corrected chi connectivity index (χ0v) is 17.4. The Morgan fingerprint density at radius 3 is 2.58 bits per heavy atom. The van der Waals surface area contributed by atoms with Crippen molar-refractivity contribution in [2.45, 2.75) is 13.1 Å². The van der Waals surface area contributed by atoms with Crippen molar-refractivity contribution >= 4 is 35.8 Å². The zero-order valence-electron chi connectivity index (χ0n) is 15.0. The van der Waals surface area contributed by atoms with Gasteiger partial charge in [0.1, 0.15) is 5.82 Å². The summed E-state index contributed by atoms with van der Waals surface area (Å²) in [5, 5.41) is 3.41. The number of guanidine groups is 1. The van der Waals surface area contributed by atoms with Crippen LogP contribution >= 0.6 is 24.0 Å². The van der Waals surface area contributed by atoms with Gasteiger partial charge in [0, 0.05) is 65.4 Å². The lowest BCUT2D eigenvalue weighted by Gasteiger charge is -2.23. The normalized spacial score (nSPS) is 11.0. The highest BCUT2D eigenvalue weighted by molar-refractivity contribution is 14.0. The Bertz CT molecular complexity index is 665. The van der Waals surface area contributed by atoms with Crippen molar-refractivity contribution in [1.29, 1.82) is 0 Å². The summed E-state index contributed by atoms with van der Waals surface area (Å²) in [7, 11) is 9.90. The SMILES string of the molecule is CN=C(NCc1cccnc1N(C)C)N(C)Cc1cccn1C.I. The number of halogens is 1. The number of aliphatic imine (C=N–C) groups is 1. The summed E-state index contributed by atoms with van der Waals surface area (Å²) < 4.78 is 2.12. The quantitative estimate of drug-likeness (QED) is 0.439. The van der Waals surface area contributed by atoms with Crippen molar-refractivity contribution in [2.75, 3.05) is 33.1 Å². The third-order valence-electron chi connectivity index (χ3n) is 3.75. The van der Waals surface area contributed by atoms with Gasteiger partial charge in [0.2, 0.25) is 0 Å². The number of nitrogens with one attached hydrogen (secondary N) is 1. The van der Waals surface area contributed by atoms with Gasteiger partial charge >= 0.3 is 0 Å². The first-order valence-electron chi connectivity index (χ1n) is 7.66. The maximum atomic E-state index is 4.43. The molecule has 0 saturated heterocycles. The third kappa shape index (κ3) is 5.12. The first-order chi connectivity index (χ1) is 11.0. The van der Waals surface area contributed by atoms with Gasteiger partial charge in [0.25, 0.3) is 0 Å². The minimum atomic E-state index is 0. The smallest absolute Gasteiger partial charge is 0.194 e. The third-order valence-corrected chi connectivity index (χ3v) is 3.75. The van der Waals surface area contributed by atoms with Gasteiger partial charge in [-0.25, -0.2) is 4.98 Å². The van der Waals surface area contributed by atoms with E-state index in [1.165, 1.54) is 5.69 Å². The van der Waals surface area contributed by atoms with Crippen LogP contribution in [-0.2, 0) is 20.1 Å². The molecule has 6 nitrogen and oxygen atoms in total. The van der Waals surface area contributed by atoms with Gasteiger partial charge in [-0.05, 0) is 18.2 Å². The highest BCUT2D eigenvalue weighted by Crippen LogP contribution is 2.14. The van der Waals surface area contributed by atoms with Crippen molar-refractivity contribution in [3.05, 3.63) is 47.9 Å². The summed E-state index contributed by atoms with van der Waals surface area (Å²) >= 11 is 0. The predicted molar refractivity (Wildman–Crippen MR) is 111 cm³/mol. The van der Waals surface area contributed by atoms with Gasteiger partial charge < -0.3 is 19.7 Å². The molecule has 0 aliphatic carbocycles. The number of rotatable bonds is 5. The van der Waals surface area contributed by atoms with Gasteiger partial charge in [-0.15, -0.1) is 24.0 Å². The number of anilines is 1. The minimum absolute atomic E-state index is 0. The van der Waals surface area contributed by atoms with Crippen LogP contribution in [0.5, 0.6) is 0 Å². The fourth-order valence-corrected chi connectivity index (χ4v) is 2.51. The molecular weight excluding hydrogens is 415 g/mol. The summed E-state index contributed by atoms with van der Waals surface area (Å²) in [6.07, 6.45) is 3.87. The van der Waals surface area contributed by atoms with E-state index in [0.29, 0.717) is 6.54 Å². The fraction of sp³-hybridized carbons (Fsp3) is 0.412. The largest absolute Gasteiger partial charge is 0.362 e. The van der Waals surface area contributed by atoms with E-state index in [-0.39, 0.29) is 24.0 Å². The van der Waals surface area contributed by atoms with Crippen molar-refractivity contribution in [1.82, 2.24) is 19.8 Å². The lowest BCUT2D eigenvalue weighted by molar-refractivity contribution is 0.461. The van der Waals surface area contributed by atoms with Gasteiger partial charge in [-0.1, -0.05) is 6.07 Å². The van der Waals surface area contributed by atoms with Crippen LogP contribution in [-0.4, -0.2) is 48.6 Å². The molecule has 0 spiro atoms. The maximum Gasteiger partial charge on any atom is 0.194 e. The van der Waals surface area contributed by atoms with Gasteiger partial charge in [-0.2, -0.15) is 0 Å². The molecule has 132 valence electrons. The van der Waals surface area contributed by atoms with E-state index in [9.17, 15) is 0 Å². The van der Waals surface area contributed by atoms with E-state index in [1.54, 1.807) is 7.05 Å². The van der Waals surface area contributed by atoms with E-state index < -0.39 is 0 Å². The predicted octanol–water partition coefficient (Wildman–Crippen LogP) is 2.31. The molecular formula is C17H27IN6. The van der Waals surface area contributed by atoms with Crippen LogP contribution in [0.15, 0.2) is 41.7 Å². The first kappa shape index (κ1) is 20.3. The van der Waals surface area contributed by atoms with Crippen molar-refractivity contribution in [3.63, 3.8) is 0 Å². The molecule has 2 heterocycles. The summed E-state index contributed by atoms with van der Waals surface area (Å²) in [6, 6.07) is 8.22. The number of hydrogen-bond donors (Lipinski definition) is 1. The van der Waals surface area contributed by atoms with Crippen molar-refractivity contribution < 1.29 is 0 Å². The number of pyridine rings is 1. The van der Waals surface area contributed by atoms with Crippen molar-refractivity contribution in [2.24, 2.45) is 12.0 Å². The average Bonchev–Trinajstić information content (AvgIpc) is 2.93. The maximum absolute atomic E-state index is 4.43. The second kappa shape index (κ2) is 9.51. The molecule has 0 aromatic carbocycles. The molecule has 2 aromatic heterocycles. The molecule has 0 aliphatic heterocycles. The van der Waals surface area contributed by atoms with Crippen molar-refractivity contribution in [3.8, 4) is 0 Å². The van der Waals surface area contributed by atoms with Gasteiger partial charge in [0.05, 0.1) is 6.54 Å². The van der Waals surface area contributed by atoms with E-state index in [0.717, 1.165) is 23.9 Å². The number of hydrogen-bond acceptors (Lipinski definition) is 3. The minimum Gasteiger partial charge on any atom is -0.362 e. The molecule has 0 amide bonds. The van der Waals surface area contributed by atoms with Crippen LogP contribution in [0.25, 0.3) is 0 Å². The lowest BCUT2D eigenvalue weighted by atomic mass is 10.2. The Hall–Kier alpha value is -1.77. The highest BCUT2D eigenvalue weighted by Gasteiger charge is 2.10. The molecule has 7 heteroatoms. The summed E-state index contributed by atoms with van der Waals surface area (Å²) in [4.78, 5) is 12.9. The van der Waals surface area contributed by atoms with Crippen LogP contribution in [0.4, 0.5) is 5.82 Å². The molecule has 0 aliphatic rings.